The SMILES string of the molecule is CC(C)CCC[C@@H](C)[C@H]1[C@@H](O)C[C@H]2[C@@H]3CC=C4C(C)(C)[C@@H](O)CC[C@]4(C)[C@H]3CC[C@]12C. The second-order valence-corrected chi connectivity index (χ2v) is 13.6. The van der Waals surface area contributed by atoms with E-state index in [2.05, 4.69) is 54.5 Å². The summed E-state index contributed by atoms with van der Waals surface area (Å²) in [6.45, 7) is 16.7. The molecule has 0 bridgehead atoms. The molecule has 0 amide bonds. The van der Waals surface area contributed by atoms with E-state index in [1.807, 2.05) is 0 Å². The lowest BCUT2D eigenvalue weighted by Crippen LogP contribution is -2.54. The summed E-state index contributed by atoms with van der Waals surface area (Å²) in [5, 5.41) is 22.1. The van der Waals surface area contributed by atoms with Crippen molar-refractivity contribution >= 4 is 0 Å². The summed E-state index contributed by atoms with van der Waals surface area (Å²) in [7, 11) is 0. The van der Waals surface area contributed by atoms with Crippen LogP contribution in [0, 0.1) is 51.8 Å². The maximum absolute atomic E-state index is 11.3. The molecule has 31 heavy (non-hydrogen) atoms. The van der Waals surface area contributed by atoms with Crippen molar-refractivity contribution in [2.24, 2.45) is 51.8 Å². The first kappa shape index (κ1) is 23.8. The normalized spacial score (nSPS) is 47.4. The summed E-state index contributed by atoms with van der Waals surface area (Å²) in [4.78, 5) is 0. The minimum absolute atomic E-state index is 0.0959. The molecule has 2 N–H and O–H groups in total. The zero-order valence-corrected chi connectivity index (χ0v) is 21.5. The molecular formula is C29H50O2. The van der Waals surface area contributed by atoms with E-state index in [1.165, 1.54) is 32.1 Å². The Bertz CT molecular complexity index is 693. The molecule has 3 fully saturated rings. The van der Waals surface area contributed by atoms with Crippen LogP contribution in [0.5, 0.6) is 0 Å². The Balaban J connectivity index is 1.57. The predicted molar refractivity (Wildman–Crippen MR) is 130 cm³/mol. The first-order valence-electron chi connectivity index (χ1n) is 13.5. The molecule has 4 aliphatic rings. The molecule has 4 aliphatic carbocycles. The Morgan fingerprint density at radius 3 is 2.35 bits per heavy atom. The highest BCUT2D eigenvalue weighted by Crippen LogP contribution is 2.68. The Hall–Kier alpha value is -0.340. The summed E-state index contributed by atoms with van der Waals surface area (Å²) in [5.41, 5.74) is 1.98. The second-order valence-electron chi connectivity index (χ2n) is 13.6. The van der Waals surface area contributed by atoms with E-state index in [0.717, 1.165) is 37.5 Å². The average Bonchev–Trinajstić information content (AvgIpc) is 2.95. The van der Waals surface area contributed by atoms with Gasteiger partial charge < -0.3 is 10.2 Å². The number of fused-ring (bicyclic) bond motifs is 5. The molecule has 0 aromatic rings. The summed E-state index contributed by atoms with van der Waals surface area (Å²) in [6.07, 6.45) is 12.9. The number of hydrogen-bond donors (Lipinski definition) is 2. The molecular weight excluding hydrogens is 380 g/mol. The van der Waals surface area contributed by atoms with Crippen LogP contribution < -0.4 is 0 Å². The Kier molecular flexibility index (Phi) is 6.26. The fourth-order valence-corrected chi connectivity index (χ4v) is 9.50. The molecule has 0 saturated heterocycles. The lowest BCUT2D eigenvalue weighted by molar-refractivity contribution is -0.0806. The van der Waals surface area contributed by atoms with E-state index in [-0.39, 0.29) is 23.0 Å². The van der Waals surface area contributed by atoms with Crippen molar-refractivity contribution in [3.63, 3.8) is 0 Å². The largest absolute Gasteiger partial charge is 0.393 e. The molecule has 0 heterocycles. The first-order valence-corrected chi connectivity index (χ1v) is 13.5. The van der Waals surface area contributed by atoms with Gasteiger partial charge in [0.25, 0.3) is 0 Å². The molecule has 178 valence electrons. The van der Waals surface area contributed by atoms with Crippen LogP contribution in [0.1, 0.15) is 106 Å². The smallest absolute Gasteiger partial charge is 0.0628 e. The van der Waals surface area contributed by atoms with Gasteiger partial charge in [-0.3, -0.25) is 0 Å². The van der Waals surface area contributed by atoms with E-state index in [0.29, 0.717) is 29.1 Å². The van der Waals surface area contributed by atoms with Gasteiger partial charge in [0.05, 0.1) is 12.2 Å². The lowest BCUT2D eigenvalue weighted by Gasteiger charge is -2.61. The van der Waals surface area contributed by atoms with Crippen LogP contribution in [0.15, 0.2) is 11.6 Å². The second kappa shape index (κ2) is 8.15. The number of hydrogen-bond acceptors (Lipinski definition) is 2. The number of aliphatic hydroxyl groups is 2. The van der Waals surface area contributed by atoms with Crippen molar-refractivity contribution in [3.8, 4) is 0 Å². The summed E-state index contributed by atoms with van der Waals surface area (Å²) in [5.74, 6) is 3.95. The summed E-state index contributed by atoms with van der Waals surface area (Å²) < 4.78 is 0. The summed E-state index contributed by atoms with van der Waals surface area (Å²) >= 11 is 0. The van der Waals surface area contributed by atoms with Gasteiger partial charge in [-0.25, -0.2) is 0 Å². The van der Waals surface area contributed by atoms with Crippen LogP contribution in [0.4, 0.5) is 0 Å². The van der Waals surface area contributed by atoms with Gasteiger partial charge in [-0.2, -0.15) is 0 Å². The molecule has 0 unspecified atom stereocenters. The molecule has 0 radical (unpaired) electrons. The highest BCUT2D eigenvalue weighted by Gasteiger charge is 2.63. The van der Waals surface area contributed by atoms with Crippen molar-refractivity contribution in [2.45, 2.75) is 118 Å². The van der Waals surface area contributed by atoms with Gasteiger partial charge in [0.15, 0.2) is 0 Å². The van der Waals surface area contributed by atoms with Gasteiger partial charge in [0, 0.05) is 5.41 Å². The molecule has 2 nitrogen and oxygen atoms in total. The standard InChI is InChI=1S/C29H50O2/c1-18(2)9-8-10-19(3)26-23(30)17-22-20-11-12-24-27(4,5)25(31)14-16-28(24,6)21(20)13-15-29(22,26)7/h12,18-23,25-26,30-31H,8-11,13-17H2,1-7H3/t19-,20-,21+,22+,23+,25+,26+,28-,29+/m1/s1. The van der Waals surface area contributed by atoms with E-state index in [4.69, 9.17) is 0 Å². The van der Waals surface area contributed by atoms with Gasteiger partial charge in [0.2, 0.25) is 0 Å². The minimum atomic E-state index is -0.207. The van der Waals surface area contributed by atoms with Gasteiger partial charge in [-0.15, -0.1) is 0 Å². The van der Waals surface area contributed by atoms with E-state index < -0.39 is 0 Å². The van der Waals surface area contributed by atoms with Gasteiger partial charge >= 0.3 is 0 Å². The van der Waals surface area contributed by atoms with E-state index in [9.17, 15) is 10.2 Å². The highest BCUT2D eigenvalue weighted by atomic mass is 16.3. The number of aliphatic hydroxyl groups excluding tert-OH is 2. The van der Waals surface area contributed by atoms with Crippen molar-refractivity contribution in [3.05, 3.63) is 11.6 Å². The van der Waals surface area contributed by atoms with E-state index >= 15 is 0 Å². The van der Waals surface area contributed by atoms with Crippen molar-refractivity contribution < 1.29 is 10.2 Å². The van der Waals surface area contributed by atoms with Crippen LogP contribution in [0.25, 0.3) is 0 Å². The lowest BCUT2D eigenvalue weighted by atomic mass is 9.44. The van der Waals surface area contributed by atoms with Crippen LogP contribution in [0.3, 0.4) is 0 Å². The molecule has 0 aliphatic heterocycles. The third kappa shape index (κ3) is 3.67. The fraction of sp³-hybridized carbons (Fsp3) is 0.931. The Morgan fingerprint density at radius 1 is 0.968 bits per heavy atom. The maximum atomic E-state index is 11.3. The monoisotopic (exact) mass is 430 g/mol. The Morgan fingerprint density at radius 2 is 1.68 bits per heavy atom. The van der Waals surface area contributed by atoms with Crippen LogP contribution in [-0.4, -0.2) is 22.4 Å². The van der Waals surface area contributed by atoms with Crippen molar-refractivity contribution in [1.29, 1.82) is 0 Å². The van der Waals surface area contributed by atoms with Gasteiger partial charge in [-0.05, 0) is 84.9 Å². The summed E-state index contributed by atoms with van der Waals surface area (Å²) in [6, 6.07) is 0. The van der Waals surface area contributed by atoms with Crippen LogP contribution in [0.2, 0.25) is 0 Å². The topological polar surface area (TPSA) is 40.5 Å². The minimum Gasteiger partial charge on any atom is -0.393 e. The first-order chi connectivity index (χ1) is 14.4. The zero-order chi connectivity index (χ0) is 22.8. The molecule has 9 atom stereocenters. The number of rotatable bonds is 5. The molecule has 4 rings (SSSR count). The molecule has 2 heteroatoms. The average molecular weight is 431 g/mol. The Labute approximate surface area is 192 Å². The molecule has 0 aromatic heterocycles. The van der Waals surface area contributed by atoms with Gasteiger partial charge in [0.1, 0.15) is 0 Å². The zero-order valence-electron chi connectivity index (χ0n) is 21.5. The fourth-order valence-electron chi connectivity index (χ4n) is 9.50. The maximum Gasteiger partial charge on any atom is 0.0628 e. The van der Waals surface area contributed by atoms with Crippen molar-refractivity contribution in [2.75, 3.05) is 0 Å². The van der Waals surface area contributed by atoms with Crippen LogP contribution in [-0.2, 0) is 0 Å². The third-order valence-corrected chi connectivity index (χ3v) is 11.1. The van der Waals surface area contributed by atoms with E-state index in [1.54, 1.807) is 5.57 Å². The van der Waals surface area contributed by atoms with Crippen LogP contribution >= 0.6 is 0 Å². The third-order valence-electron chi connectivity index (χ3n) is 11.1. The molecule has 0 aromatic carbocycles. The predicted octanol–water partition coefficient (Wildman–Crippen LogP) is 7.00. The molecule has 3 saturated carbocycles. The molecule has 0 spiro atoms. The van der Waals surface area contributed by atoms with Crippen molar-refractivity contribution in [1.82, 2.24) is 0 Å². The quantitative estimate of drug-likeness (QED) is 0.461. The van der Waals surface area contributed by atoms with Gasteiger partial charge in [-0.1, -0.05) is 79.4 Å². The highest BCUT2D eigenvalue weighted by molar-refractivity contribution is 5.31. The number of allylic oxidation sites excluding steroid dienone is 1.